The lowest BCUT2D eigenvalue weighted by Crippen LogP contribution is -2.30. The van der Waals surface area contributed by atoms with Gasteiger partial charge in [0.15, 0.2) is 6.61 Å². The molecule has 6 nitrogen and oxygen atoms in total. The number of primary amides is 1. The number of amides is 1. The summed E-state index contributed by atoms with van der Waals surface area (Å²) in [6.45, 7) is 0.757. The zero-order valence-corrected chi connectivity index (χ0v) is 14.5. The summed E-state index contributed by atoms with van der Waals surface area (Å²) in [6.07, 6.45) is 0.955. The van der Waals surface area contributed by atoms with Crippen LogP contribution in [-0.2, 0) is 11.2 Å². The molecule has 0 fully saturated rings. The van der Waals surface area contributed by atoms with E-state index in [-0.39, 0.29) is 12.6 Å². The minimum Gasteiger partial charge on any atom is -0.497 e. The first-order valence-corrected chi connectivity index (χ1v) is 8.58. The van der Waals surface area contributed by atoms with Crippen molar-refractivity contribution < 1.29 is 14.3 Å². The number of hydrogen-bond donors (Lipinski definition) is 3. The molecule has 1 atom stereocenters. The molecule has 2 aromatic carbocycles. The van der Waals surface area contributed by atoms with Crippen LogP contribution in [0.2, 0.25) is 0 Å². The quantitative estimate of drug-likeness (QED) is 0.658. The van der Waals surface area contributed by atoms with Gasteiger partial charge in [-0.05, 0) is 47.9 Å². The Bertz CT molecular complexity index is 964. The Balaban J connectivity index is 1.72. The number of fused-ring (bicyclic) bond motifs is 3. The Hall–Kier alpha value is -2.99. The molecule has 0 bridgehead atoms. The molecule has 0 radical (unpaired) electrons. The third-order valence-corrected chi connectivity index (χ3v) is 4.73. The average Bonchev–Trinajstić information content (AvgIpc) is 3.04. The van der Waals surface area contributed by atoms with Crippen molar-refractivity contribution in [1.82, 2.24) is 10.3 Å². The number of carbonyl (C=O) groups is 1. The van der Waals surface area contributed by atoms with E-state index in [1.54, 1.807) is 7.11 Å². The third kappa shape index (κ3) is 2.99. The Morgan fingerprint density at radius 3 is 2.92 bits per heavy atom. The van der Waals surface area contributed by atoms with Gasteiger partial charge in [0.1, 0.15) is 11.5 Å². The van der Waals surface area contributed by atoms with Gasteiger partial charge in [-0.2, -0.15) is 0 Å². The molecule has 0 aliphatic carbocycles. The van der Waals surface area contributed by atoms with Gasteiger partial charge in [-0.15, -0.1) is 0 Å². The SMILES string of the molecule is COc1ccc2[nH]c3c(c2c1)CCN[C@H]3c1cccc(OCC(N)=O)c1. The van der Waals surface area contributed by atoms with Crippen LogP contribution in [0.3, 0.4) is 0 Å². The molecular weight excluding hydrogens is 330 g/mol. The number of rotatable bonds is 5. The Labute approximate surface area is 151 Å². The highest BCUT2D eigenvalue weighted by Gasteiger charge is 2.25. The highest BCUT2D eigenvalue weighted by atomic mass is 16.5. The molecule has 0 saturated heterocycles. The van der Waals surface area contributed by atoms with E-state index in [4.69, 9.17) is 15.2 Å². The molecule has 1 amide bonds. The second-order valence-electron chi connectivity index (χ2n) is 6.39. The van der Waals surface area contributed by atoms with Gasteiger partial charge in [0.25, 0.3) is 5.91 Å². The van der Waals surface area contributed by atoms with Crippen LogP contribution in [0.1, 0.15) is 22.9 Å². The molecule has 2 heterocycles. The molecular formula is C20H21N3O3. The smallest absolute Gasteiger partial charge is 0.255 e. The summed E-state index contributed by atoms with van der Waals surface area (Å²) in [4.78, 5) is 14.5. The molecule has 0 saturated carbocycles. The lowest BCUT2D eigenvalue weighted by molar-refractivity contribution is -0.119. The minimum absolute atomic E-state index is 0.0364. The maximum Gasteiger partial charge on any atom is 0.255 e. The average molecular weight is 351 g/mol. The predicted octanol–water partition coefficient (Wildman–Crippen LogP) is 2.28. The number of nitrogens with one attached hydrogen (secondary N) is 2. The van der Waals surface area contributed by atoms with Gasteiger partial charge in [-0.25, -0.2) is 0 Å². The molecule has 3 aromatic rings. The van der Waals surface area contributed by atoms with E-state index >= 15 is 0 Å². The zero-order valence-electron chi connectivity index (χ0n) is 14.5. The summed E-state index contributed by atoms with van der Waals surface area (Å²) in [5, 5.41) is 4.76. The standard InChI is InChI=1S/C20H21N3O3/c1-25-13-5-6-17-16(10-13)15-7-8-22-19(20(15)23-17)12-3-2-4-14(9-12)26-11-18(21)24/h2-6,9-10,19,22-23H,7-8,11H2,1H3,(H2,21,24)/t19-/m0/s1. The number of aromatic amines is 1. The highest BCUT2D eigenvalue weighted by Crippen LogP contribution is 2.35. The summed E-state index contributed by atoms with van der Waals surface area (Å²) < 4.78 is 10.8. The predicted molar refractivity (Wildman–Crippen MR) is 99.5 cm³/mol. The van der Waals surface area contributed by atoms with E-state index < -0.39 is 5.91 Å². The highest BCUT2D eigenvalue weighted by molar-refractivity contribution is 5.86. The van der Waals surface area contributed by atoms with Crippen LogP contribution < -0.4 is 20.5 Å². The Morgan fingerprint density at radius 2 is 2.12 bits per heavy atom. The van der Waals surface area contributed by atoms with E-state index in [1.165, 1.54) is 10.9 Å². The van der Waals surface area contributed by atoms with Crippen LogP contribution in [0.25, 0.3) is 10.9 Å². The van der Waals surface area contributed by atoms with Crippen molar-refractivity contribution in [2.75, 3.05) is 20.3 Å². The number of ether oxygens (including phenoxy) is 2. The number of carbonyl (C=O) groups excluding carboxylic acids is 1. The molecule has 1 aliphatic rings. The summed E-state index contributed by atoms with van der Waals surface area (Å²) >= 11 is 0. The van der Waals surface area contributed by atoms with Gasteiger partial charge in [-0.1, -0.05) is 12.1 Å². The van der Waals surface area contributed by atoms with Crippen LogP contribution in [0, 0.1) is 0 Å². The summed E-state index contributed by atoms with van der Waals surface area (Å²) in [6, 6.07) is 13.9. The first-order valence-electron chi connectivity index (χ1n) is 8.58. The lowest BCUT2D eigenvalue weighted by atomic mass is 9.94. The van der Waals surface area contributed by atoms with Crippen LogP contribution in [0.5, 0.6) is 11.5 Å². The number of methoxy groups -OCH3 is 1. The van der Waals surface area contributed by atoms with Crippen LogP contribution in [0.4, 0.5) is 0 Å². The number of aromatic nitrogens is 1. The molecule has 0 unspecified atom stereocenters. The molecule has 0 spiro atoms. The van der Waals surface area contributed by atoms with Gasteiger partial charge in [0.05, 0.1) is 13.2 Å². The molecule has 1 aromatic heterocycles. The molecule has 4 rings (SSSR count). The monoisotopic (exact) mass is 351 g/mol. The van der Waals surface area contributed by atoms with E-state index in [0.29, 0.717) is 5.75 Å². The van der Waals surface area contributed by atoms with Crippen molar-refractivity contribution in [2.24, 2.45) is 5.73 Å². The summed E-state index contributed by atoms with van der Waals surface area (Å²) in [5.74, 6) is 1.00. The number of benzene rings is 2. The van der Waals surface area contributed by atoms with Crippen molar-refractivity contribution in [3.63, 3.8) is 0 Å². The molecule has 6 heteroatoms. The van der Waals surface area contributed by atoms with E-state index in [9.17, 15) is 4.79 Å². The maximum atomic E-state index is 10.9. The Kier molecular flexibility index (Phi) is 4.26. The fourth-order valence-electron chi connectivity index (χ4n) is 3.56. The number of H-pyrrole nitrogens is 1. The van der Waals surface area contributed by atoms with E-state index in [1.807, 2.05) is 24.3 Å². The molecule has 1 aliphatic heterocycles. The second-order valence-corrected chi connectivity index (χ2v) is 6.39. The van der Waals surface area contributed by atoms with Crippen LogP contribution >= 0.6 is 0 Å². The molecule has 26 heavy (non-hydrogen) atoms. The topological polar surface area (TPSA) is 89.4 Å². The van der Waals surface area contributed by atoms with Crippen molar-refractivity contribution >= 4 is 16.8 Å². The van der Waals surface area contributed by atoms with Gasteiger partial charge >= 0.3 is 0 Å². The maximum absolute atomic E-state index is 10.9. The summed E-state index contributed by atoms with van der Waals surface area (Å²) in [7, 11) is 1.68. The van der Waals surface area contributed by atoms with Gasteiger partial charge in [0, 0.05) is 23.1 Å². The third-order valence-electron chi connectivity index (χ3n) is 4.73. The van der Waals surface area contributed by atoms with Crippen LogP contribution in [-0.4, -0.2) is 31.2 Å². The van der Waals surface area contributed by atoms with E-state index in [2.05, 4.69) is 28.5 Å². The van der Waals surface area contributed by atoms with Gasteiger partial charge in [0.2, 0.25) is 0 Å². The van der Waals surface area contributed by atoms with Crippen molar-refractivity contribution in [1.29, 1.82) is 0 Å². The fourth-order valence-corrected chi connectivity index (χ4v) is 3.56. The second kappa shape index (κ2) is 6.72. The zero-order chi connectivity index (χ0) is 18.1. The Morgan fingerprint density at radius 1 is 1.23 bits per heavy atom. The lowest BCUT2D eigenvalue weighted by Gasteiger charge is -2.25. The van der Waals surface area contributed by atoms with Crippen molar-refractivity contribution in [3.8, 4) is 11.5 Å². The summed E-state index contributed by atoms with van der Waals surface area (Å²) in [5.41, 5.74) is 9.81. The molecule has 134 valence electrons. The van der Waals surface area contributed by atoms with E-state index in [0.717, 1.165) is 35.5 Å². The first-order chi connectivity index (χ1) is 12.7. The van der Waals surface area contributed by atoms with Gasteiger partial charge in [-0.3, -0.25) is 4.79 Å². The normalized spacial score (nSPS) is 16.3. The molecule has 4 N–H and O–H groups in total. The first kappa shape index (κ1) is 16.5. The van der Waals surface area contributed by atoms with Crippen molar-refractivity contribution in [3.05, 3.63) is 59.3 Å². The van der Waals surface area contributed by atoms with Crippen molar-refractivity contribution in [2.45, 2.75) is 12.5 Å². The minimum atomic E-state index is -0.488. The number of nitrogens with two attached hydrogens (primary N) is 1. The largest absolute Gasteiger partial charge is 0.497 e. The van der Waals surface area contributed by atoms with Crippen LogP contribution in [0.15, 0.2) is 42.5 Å². The fraction of sp³-hybridized carbons (Fsp3) is 0.250. The van der Waals surface area contributed by atoms with Gasteiger partial charge < -0.3 is 25.5 Å². The number of hydrogen-bond acceptors (Lipinski definition) is 4.